The smallest absolute Gasteiger partial charge is 0.0246 e. The summed E-state index contributed by atoms with van der Waals surface area (Å²) in [5, 5.41) is 0. The van der Waals surface area contributed by atoms with E-state index < -0.39 is 0 Å². The molecule has 0 bridgehead atoms. The lowest BCUT2D eigenvalue weighted by molar-refractivity contribution is 0.111. The molecule has 0 fully saturated rings. The summed E-state index contributed by atoms with van der Waals surface area (Å²) < 4.78 is 0. The van der Waals surface area contributed by atoms with Gasteiger partial charge in [0.15, 0.2) is 0 Å². The standard InChI is InChI=1S/C15H34N2/c1-7-14(8-2)15(9-16)17(10-12(3)4)11-13(5)6/h12-15H,7-11,16H2,1-6H3. The fourth-order valence-electron chi connectivity index (χ4n) is 2.76. The fraction of sp³-hybridized carbons (Fsp3) is 1.00. The van der Waals surface area contributed by atoms with E-state index >= 15 is 0 Å². The summed E-state index contributed by atoms with van der Waals surface area (Å²) in [6.07, 6.45) is 2.48. The highest BCUT2D eigenvalue weighted by molar-refractivity contribution is 4.80. The first-order valence-corrected chi connectivity index (χ1v) is 7.40. The predicted octanol–water partition coefficient (Wildman–Crippen LogP) is 3.36. The maximum atomic E-state index is 6.04. The van der Waals surface area contributed by atoms with E-state index in [1.54, 1.807) is 0 Å². The molecule has 0 aliphatic heterocycles. The average Bonchev–Trinajstić information content (AvgIpc) is 2.23. The first kappa shape index (κ1) is 16.9. The Balaban J connectivity index is 4.69. The van der Waals surface area contributed by atoms with Gasteiger partial charge in [0.2, 0.25) is 0 Å². The zero-order valence-electron chi connectivity index (χ0n) is 12.9. The van der Waals surface area contributed by atoms with Crippen LogP contribution in [0.15, 0.2) is 0 Å². The zero-order valence-corrected chi connectivity index (χ0v) is 12.9. The van der Waals surface area contributed by atoms with Gasteiger partial charge in [-0.1, -0.05) is 54.4 Å². The van der Waals surface area contributed by atoms with Crippen LogP contribution in [0, 0.1) is 17.8 Å². The van der Waals surface area contributed by atoms with E-state index in [2.05, 4.69) is 46.4 Å². The van der Waals surface area contributed by atoms with Gasteiger partial charge in [-0.2, -0.15) is 0 Å². The SMILES string of the molecule is CCC(CC)C(CN)N(CC(C)C)CC(C)C. The highest BCUT2D eigenvalue weighted by Crippen LogP contribution is 2.20. The van der Waals surface area contributed by atoms with Crippen molar-refractivity contribution in [3.05, 3.63) is 0 Å². The Morgan fingerprint density at radius 2 is 1.29 bits per heavy atom. The number of nitrogens with two attached hydrogens (primary N) is 1. The molecular weight excluding hydrogens is 208 g/mol. The lowest BCUT2D eigenvalue weighted by atomic mass is 9.91. The van der Waals surface area contributed by atoms with Crippen molar-refractivity contribution < 1.29 is 0 Å². The van der Waals surface area contributed by atoms with Gasteiger partial charge in [0.05, 0.1) is 0 Å². The van der Waals surface area contributed by atoms with Crippen LogP contribution >= 0.6 is 0 Å². The van der Waals surface area contributed by atoms with Crippen molar-refractivity contribution in [1.82, 2.24) is 4.90 Å². The summed E-state index contributed by atoms with van der Waals surface area (Å²) in [4.78, 5) is 2.63. The van der Waals surface area contributed by atoms with Gasteiger partial charge in [0, 0.05) is 25.7 Å². The molecule has 0 spiro atoms. The fourth-order valence-corrected chi connectivity index (χ4v) is 2.76. The summed E-state index contributed by atoms with van der Waals surface area (Å²) in [5.41, 5.74) is 6.04. The van der Waals surface area contributed by atoms with Crippen LogP contribution in [0.4, 0.5) is 0 Å². The molecule has 0 aromatic heterocycles. The second kappa shape index (κ2) is 8.93. The van der Waals surface area contributed by atoms with Gasteiger partial charge in [-0.3, -0.25) is 4.90 Å². The quantitative estimate of drug-likeness (QED) is 0.672. The number of nitrogens with zero attached hydrogens (tertiary/aromatic N) is 1. The second-order valence-corrected chi connectivity index (χ2v) is 6.12. The highest BCUT2D eigenvalue weighted by atomic mass is 15.2. The van der Waals surface area contributed by atoms with E-state index in [4.69, 9.17) is 5.73 Å². The maximum absolute atomic E-state index is 6.04. The molecule has 1 unspecified atom stereocenters. The van der Waals surface area contributed by atoms with Crippen LogP contribution in [0.3, 0.4) is 0 Å². The van der Waals surface area contributed by atoms with E-state index in [1.807, 2.05) is 0 Å². The molecule has 104 valence electrons. The zero-order chi connectivity index (χ0) is 13.4. The Hall–Kier alpha value is -0.0800. The minimum Gasteiger partial charge on any atom is -0.329 e. The van der Waals surface area contributed by atoms with Crippen LogP contribution in [0.2, 0.25) is 0 Å². The predicted molar refractivity (Wildman–Crippen MR) is 78.2 cm³/mol. The van der Waals surface area contributed by atoms with E-state index in [0.29, 0.717) is 6.04 Å². The Labute approximate surface area is 109 Å². The molecule has 2 N–H and O–H groups in total. The minimum atomic E-state index is 0.565. The third-order valence-corrected chi connectivity index (χ3v) is 3.50. The van der Waals surface area contributed by atoms with Gasteiger partial charge in [0.25, 0.3) is 0 Å². The molecule has 17 heavy (non-hydrogen) atoms. The van der Waals surface area contributed by atoms with Crippen molar-refractivity contribution >= 4 is 0 Å². The van der Waals surface area contributed by atoms with E-state index in [0.717, 1.165) is 24.3 Å². The van der Waals surface area contributed by atoms with Crippen molar-refractivity contribution in [3.63, 3.8) is 0 Å². The number of hydrogen-bond donors (Lipinski definition) is 1. The summed E-state index contributed by atoms with van der Waals surface area (Å²) >= 11 is 0. The van der Waals surface area contributed by atoms with E-state index in [1.165, 1.54) is 25.9 Å². The third-order valence-electron chi connectivity index (χ3n) is 3.50. The van der Waals surface area contributed by atoms with Crippen molar-refractivity contribution in [2.75, 3.05) is 19.6 Å². The van der Waals surface area contributed by atoms with Gasteiger partial charge in [-0.25, -0.2) is 0 Å². The van der Waals surface area contributed by atoms with Crippen LogP contribution < -0.4 is 5.73 Å². The van der Waals surface area contributed by atoms with Crippen LogP contribution in [0.25, 0.3) is 0 Å². The first-order valence-electron chi connectivity index (χ1n) is 7.40. The lowest BCUT2D eigenvalue weighted by Gasteiger charge is -2.38. The molecule has 0 aromatic rings. The number of hydrogen-bond acceptors (Lipinski definition) is 2. The Morgan fingerprint density at radius 1 is 0.882 bits per heavy atom. The minimum absolute atomic E-state index is 0.565. The maximum Gasteiger partial charge on any atom is 0.0246 e. The number of rotatable bonds is 9. The first-order chi connectivity index (χ1) is 7.96. The van der Waals surface area contributed by atoms with Crippen molar-refractivity contribution in [2.45, 2.75) is 60.4 Å². The molecular formula is C15H34N2. The van der Waals surface area contributed by atoms with Crippen molar-refractivity contribution in [2.24, 2.45) is 23.5 Å². The van der Waals surface area contributed by atoms with Gasteiger partial charge >= 0.3 is 0 Å². The van der Waals surface area contributed by atoms with E-state index in [-0.39, 0.29) is 0 Å². The largest absolute Gasteiger partial charge is 0.329 e. The van der Waals surface area contributed by atoms with Gasteiger partial charge < -0.3 is 5.73 Å². The van der Waals surface area contributed by atoms with Gasteiger partial charge in [-0.05, 0) is 17.8 Å². The van der Waals surface area contributed by atoms with Crippen LogP contribution in [-0.4, -0.2) is 30.6 Å². The van der Waals surface area contributed by atoms with Crippen molar-refractivity contribution in [1.29, 1.82) is 0 Å². The highest BCUT2D eigenvalue weighted by Gasteiger charge is 2.25. The molecule has 2 nitrogen and oxygen atoms in total. The summed E-state index contributed by atoms with van der Waals surface area (Å²) in [6, 6.07) is 0.565. The molecule has 2 heteroatoms. The van der Waals surface area contributed by atoms with E-state index in [9.17, 15) is 0 Å². The third kappa shape index (κ3) is 6.42. The molecule has 0 aliphatic rings. The molecule has 0 aliphatic carbocycles. The Morgan fingerprint density at radius 3 is 1.53 bits per heavy atom. The summed E-state index contributed by atoms with van der Waals surface area (Å²) in [6.45, 7) is 16.9. The molecule has 0 rings (SSSR count). The molecule has 0 saturated carbocycles. The monoisotopic (exact) mass is 242 g/mol. The van der Waals surface area contributed by atoms with Crippen LogP contribution in [-0.2, 0) is 0 Å². The summed E-state index contributed by atoms with van der Waals surface area (Å²) in [5.74, 6) is 2.19. The second-order valence-electron chi connectivity index (χ2n) is 6.12. The normalized spacial score (nSPS) is 14.3. The average molecular weight is 242 g/mol. The topological polar surface area (TPSA) is 29.3 Å². The van der Waals surface area contributed by atoms with Crippen LogP contribution in [0.1, 0.15) is 54.4 Å². The molecule has 0 saturated heterocycles. The molecule has 0 radical (unpaired) electrons. The molecule has 0 amide bonds. The molecule has 0 heterocycles. The van der Waals surface area contributed by atoms with Crippen LogP contribution in [0.5, 0.6) is 0 Å². The van der Waals surface area contributed by atoms with Gasteiger partial charge in [0.1, 0.15) is 0 Å². The Bertz CT molecular complexity index is 164. The molecule has 0 aromatic carbocycles. The lowest BCUT2D eigenvalue weighted by Crippen LogP contribution is -2.48. The Kier molecular flexibility index (Phi) is 8.89. The van der Waals surface area contributed by atoms with Gasteiger partial charge in [-0.15, -0.1) is 0 Å². The summed E-state index contributed by atoms with van der Waals surface area (Å²) in [7, 11) is 0. The van der Waals surface area contributed by atoms with Crippen molar-refractivity contribution in [3.8, 4) is 0 Å². The molecule has 1 atom stereocenters.